The van der Waals surface area contributed by atoms with E-state index in [-0.39, 0.29) is 11.9 Å². The smallest absolute Gasteiger partial charge is 0.270 e. The highest BCUT2D eigenvalue weighted by atomic mass is 79.9. The Kier molecular flexibility index (Phi) is 4.45. The number of amides is 1. The van der Waals surface area contributed by atoms with Gasteiger partial charge in [0, 0.05) is 36.3 Å². The van der Waals surface area contributed by atoms with Crippen molar-refractivity contribution in [3.8, 4) is 0 Å². The molecule has 18 heavy (non-hydrogen) atoms. The molecule has 1 amide bonds. The molecule has 1 aromatic rings. The van der Waals surface area contributed by atoms with Gasteiger partial charge >= 0.3 is 0 Å². The van der Waals surface area contributed by atoms with E-state index in [0.29, 0.717) is 6.54 Å². The molecule has 0 aromatic carbocycles. The molecule has 0 aliphatic carbocycles. The first-order valence-corrected chi connectivity index (χ1v) is 7.33. The summed E-state index contributed by atoms with van der Waals surface area (Å²) < 4.78 is 2.99. The SMILES string of the molecule is CCCn1cc(Br)cc1C(=O)N1CCCC1CN. The Morgan fingerprint density at radius 3 is 3.06 bits per heavy atom. The number of likely N-dealkylation sites (tertiary alicyclic amines) is 1. The molecule has 0 spiro atoms. The molecule has 0 bridgehead atoms. The lowest BCUT2D eigenvalue weighted by molar-refractivity contribution is 0.0730. The Labute approximate surface area is 116 Å². The van der Waals surface area contributed by atoms with Crippen molar-refractivity contribution in [2.45, 2.75) is 38.8 Å². The second-order valence-electron chi connectivity index (χ2n) is 4.77. The summed E-state index contributed by atoms with van der Waals surface area (Å²) in [5, 5.41) is 0. The molecular formula is C13H20BrN3O. The third-order valence-corrected chi connectivity index (χ3v) is 3.89. The Balaban J connectivity index is 2.22. The van der Waals surface area contributed by atoms with Crippen molar-refractivity contribution in [3.05, 3.63) is 22.4 Å². The second-order valence-corrected chi connectivity index (χ2v) is 5.68. The minimum absolute atomic E-state index is 0.113. The Bertz CT molecular complexity index is 430. The van der Waals surface area contributed by atoms with Gasteiger partial charge in [0.2, 0.25) is 0 Å². The molecule has 5 heteroatoms. The lowest BCUT2D eigenvalue weighted by atomic mass is 10.2. The number of carbonyl (C=O) groups excluding carboxylic acids is 1. The molecular weight excluding hydrogens is 294 g/mol. The van der Waals surface area contributed by atoms with Crippen LogP contribution in [0.5, 0.6) is 0 Å². The van der Waals surface area contributed by atoms with Gasteiger partial charge in [-0.2, -0.15) is 0 Å². The van der Waals surface area contributed by atoms with Crippen molar-refractivity contribution in [3.63, 3.8) is 0 Å². The van der Waals surface area contributed by atoms with Crippen molar-refractivity contribution in [1.82, 2.24) is 9.47 Å². The Hall–Kier alpha value is -0.810. The molecule has 1 unspecified atom stereocenters. The summed E-state index contributed by atoms with van der Waals surface area (Å²) in [7, 11) is 0. The van der Waals surface area contributed by atoms with E-state index >= 15 is 0 Å². The molecule has 1 fully saturated rings. The number of rotatable bonds is 4. The lowest BCUT2D eigenvalue weighted by Gasteiger charge is -2.24. The van der Waals surface area contributed by atoms with E-state index < -0.39 is 0 Å². The number of aryl methyl sites for hydroxylation is 1. The van der Waals surface area contributed by atoms with Crippen LogP contribution in [0.25, 0.3) is 0 Å². The van der Waals surface area contributed by atoms with E-state index in [0.717, 1.165) is 42.5 Å². The van der Waals surface area contributed by atoms with E-state index in [1.807, 2.05) is 21.7 Å². The number of carbonyl (C=O) groups is 1. The molecule has 100 valence electrons. The molecule has 0 radical (unpaired) electrons. The fraction of sp³-hybridized carbons (Fsp3) is 0.615. The van der Waals surface area contributed by atoms with E-state index in [4.69, 9.17) is 5.73 Å². The molecule has 1 atom stereocenters. The van der Waals surface area contributed by atoms with Gasteiger partial charge < -0.3 is 15.2 Å². The summed E-state index contributed by atoms with van der Waals surface area (Å²) in [5.74, 6) is 0.113. The molecule has 1 aliphatic rings. The highest BCUT2D eigenvalue weighted by Gasteiger charge is 2.29. The standard InChI is InChI=1S/C13H20BrN3O/c1-2-5-16-9-10(14)7-12(16)13(18)17-6-3-4-11(17)8-15/h7,9,11H,2-6,8,15H2,1H3. The normalized spacial score (nSPS) is 19.5. The molecule has 1 aromatic heterocycles. The maximum absolute atomic E-state index is 12.6. The van der Waals surface area contributed by atoms with Crippen molar-refractivity contribution < 1.29 is 4.79 Å². The van der Waals surface area contributed by atoms with Crippen LogP contribution in [-0.2, 0) is 6.54 Å². The van der Waals surface area contributed by atoms with Crippen molar-refractivity contribution in [1.29, 1.82) is 0 Å². The topological polar surface area (TPSA) is 51.3 Å². The molecule has 2 N–H and O–H groups in total. The largest absolute Gasteiger partial charge is 0.342 e. The van der Waals surface area contributed by atoms with Gasteiger partial charge in [-0.05, 0) is 41.3 Å². The number of hydrogen-bond acceptors (Lipinski definition) is 2. The van der Waals surface area contributed by atoms with Gasteiger partial charge in [-0.25, -0.2) is 0 Å². The minimum Gasteiger partial charge on any atom is -0.342 e. The zero-order chi connectivity index (χ0) is 13.1. The molecule has 2 rings (SSSR count). The number of nitrogens with two attached hydrogens (primary N) is 1. The third-order valence-electron chi connectivity index (χ3n) is 3.46. The van der Waals surface area contributed by atoms with Crippen LogP contribution in [0.3, 0.4) is 0 Å². The quantitative estimate of drug-likeness (QED) is 0.926. The van der Waals surface area contributed by atoms with Crippen LogP contribution in [0.2, 0.25) is 0 Å². The molecule has 2 heterocycles. The van der Waals surface area contributed by atoms with Crippen LogP contribution in [0.4, 0.5) is 0 Å². The number of aromatic nitrogens is 1. The van der Waals surface area contributed by atoms with Gasteiger partial charge in [0.05, 0.1) is 0 Å². The Morgan fingerprint density at radius 1 is 1.61 bits per heavy atom. The number of nitrogens with zero attached hydrogens (tertiary/aromatic N) is 2. The summed E-state index contributed by atoms with van der Waals surface area (Å²) in [5.41, 5.74) is 6.50. The summed E-state index contributed by atoms with van der Waals surface area (Å²) in [4.78, 5) is 14.5. The number of halogens is 1. The monoisotopic (exact) mass is 313 g/mol. The van der Waals surface area contributed by atoms with Gasteiger partial charge in [0.15, 0.2) is 0 Å². The van der Waals surface area contributed by atoms with Gasteiger partial charge in [-0.15, -0.1) is 0 Å². The maximum Gasteiger partial charge on any atom is 0.270 e. The van der Waals surface area contributed by atoms with E-state index in [9.17, 15) is 4.79 Å². The lowest BCUT2D eigenvalue weighted by Crippen LogP contribution is -2.40. The average molecular weight is 314 g/mol. The van der Waals surface area contributed by atoms with Crippen molar-refractivity contribution >= 4 is 21.8 Å². The van der Waals surface area contributed by atoms with Crippen molar-refractivity contribution in [2.24, 2.45) is 5.73 Å². The molecule has 4 nitrogen and oxygen atoms in total. The van der Waals surface area contributed by atoms with E-state index in [1.165, 1.54) is 0 Å². The first-order chi connectivity index (χ1) is 8.67. The molecule has 0 saturated carbocycles. The summed E-state index contributed by atoms with van der Waals surface area (Å²) in [6.07, 6.45) is 5.08. The van der Waals surface area contributed by atoms with Crippen LogP contribution in [0.15, 0.2) is 16.7 Å². The van der Waals surface area contributed by atoms with Gasteiger partial charge in [-0.3, -0.25) is 4.79 Å². The number of hydrogen-bond donors (Lipinski definition) is 1. The van der Waals surface area contributed by atoms with Gasteiger partial charge in [-0.1, -0.05) is 6.92 Å². The second kappa shape index (κ2) is 5.89. The fourth-order valence-corrected chi connectivity index (χ4v) is 3.04. The van der Waals surface area contributed by atoms with Crippen LogP contribution in [0.1, 0.15) is 36.7 Å². The summed E-state index contributed by atoms with van der Waals surface area (Å²) in [6, 6.07) is 2.12. The predicted molar refractivity (Wildman–Crippen MR) is 75.5 cm³/mol. The average Bonchev–Trinajstić information content (AvgIpc) is 2.95. The summed E-state index contributed by atoms with van der Waals surface area (Å²) >= 11 is 3.45. The Morgan fingerprint density at radius 2 is 2.39 bits per heavy atom. The van der Waals surface area contributed by atoms with Crippen LogP contribution in [-0.4, -0.2) is 34.5 Å². The predicted octanol–water partition coefficient (Wildman–Crippen LogP) is 2.22. The van der Waals surface area contributed by atoms with Gasteiger partial charge in [0.25, 0.3) is 5.91 Å². The highest BCUT2D eigenvalue weighted by Crippen LogP contribution is 2.22. The zero-order valence-electron chi connectivity index (χ0n) is 10.7. The van der Waals surface area contributed by atoms with Crippen LogP contribution >= 0.6 is 15.9 Å². The third kappa shape index (κ3) is 2.62. The zero-order valence-corrected chi connectivity index (χ0v) is 12.3. The van der Waals surface area contributed by atoms with Crippen molar-refractivity contribution in [2.75, 3.05) is 13.1 Å². The molecule has 1 saturated heterocycles. The first kappa shape index (κ1) is 13.6. The summed E-state index contributed by atoms with van der Waals surface area (Å²) in [6.45, 7) is 4.37. The minimum atomic E-state index is 0.113. The maximum atomic E-state index is 12.6. The highest BCUT2D eigenvalue weighted by molar-refractivity contribution is 9.10. The first-order valence-electron chi connectivity index (χ1n) is 6.54. The van der Waals surface area contributed by atoms with E-state index in [2.05, 4.69) is 22.9 Å². The van der Waals surface area contributed by atoms with Crippen LogP contribution < -0.4 is 5.73 Å². The van der Waals surface area contributed by atoms with Gasteiger partial charge in [0.1, 0.15) is 5.69 Å². The van der Waals surface area contributed by atoms with Crippen LogP contribution in [0, 0.1) is 0 Å². The van der Waals surface area contributed by atoms with E-state index in [1.54, 1.807) is 0 Å². The fourth-order valence-electron chi connectivity index (χ4n) is 2.57. The molecule has 1 aliphatic heterocycles.